The second-order valence-electron chi connectivity index (χ2n) is 3.68. The number of benzene rings is 1. The number of hydrogen-bond acceptors (Lipinski definition) is 4. The van der Waals surface area contributed by atoms with Crippen molar-refractivity contribution in [2.45, 2.75) is 0 Å². The molecule has 0 saturated carbocycles. The van der Waals surface area contributed by atoms with Crippen molar-refractivity contribution in [2.75, 3.05) is 5.73 Å². The summed E-state index contributed by atoms with van der Waals surface area (Å²) in [5.41, 5.74) is 5.84. The molecule has 0 fully saturated rings. The molecule has 5 nitrogen and oxygen atoms in total. The van der Waals surface area contributed by atoms with Crippen LogP contribution in [-0.4, -0.2) is 19.6 Å². The second kappa shape index (κ2) is 3.73. The zero-order valence-corrected chi connectivity index (χ0v) is 9.01. The van der Waals surface area contributed by atoms with Gasteiger partial charge in [-0.25, -0.2) is 8.78 Å². The van der Waals surface area contributed by atoms with Crippen molar-refractivity contribution in [2.24, 2.45) is 0 Å². The van der Waals surface area contributed by atoms with E-state index in [1.165, 1.54) is 18.5 Å². The van der Waals surface area contributed by atoms with Crippen LogP contribution in [-0.2, 0) is 0 Å². The van der Waals surface area contributed by atoms with Gasteiger partial charge in [0, 0.05) is 18.5 Å². The van der Waals surface area contributed by atoms with Crippen LogP contribution >= 0.6 is 0 Å². The minimum Gasteiger partial charge on any atom is -0.396 e. The molecular weight excluding hydrogens is 240 g/mol. The van der Waals surface area contributed by atoms with E-state index >= 15 is 0 Å². The number of hydrogen-bond donors (Lipinski definition) is 1. The molecule has 0 spiro atoms. The number of fused-ring (bicyclic) bond motifs is 1. The van der Waals surface area contributed by atoms with Crippen LogP contribution < -0.4 is 5.73 Å². The summed E-state index contributed by atoms with van der Waals surface area (Å²) in [6, 6.07) is 1.93. The highest BCUT2D eigenvalue weighted by atomic mass is 19.1. The van der Waals surface area contributed by atoms with E-state index in [1.54, 1.807) is 10.6 Å². The highest BCUT2D eigenvalue weighted by Crippen LogP contribution is 2.25. The molecule has 0 saturated heterocycles. The summed E-state index contributed by atoms with van der Waals surface area (Å²) in [6.45, 7) is 0. The molecule has 18 heavy (non-hydrogen) atoms. The summed E-state index contributed by atoms with van der Waals surface area (Å²) in [7, 11) is 0. The summed E-state index contributed by atoms with van der Waals surface area (Å²) in [6.07, 6.45) is 4.59. The van der Waals surface area contributed by atoms with Gasteiger partial charge in [0.25, 0.3) is 0 Å². The Morgan fingerprint density at radius 2 is 1.94 bits per heavy atom. The molecule has 2 heterocycles. The quantitative estimate of drug-likeness (QED) is 0.664. The van der Waals surface area contributed by atoms with Gasteiger partial charge in [0.15, 0.2) is 11.5 Å². The van der Waals surface area contributed by atoms with Crippen LogP contribution in [0.15, 0.2) is 30.7 Å². The predicted octanol–water partition coefficient (Wildman–Crippen LogP) is 1.65. The Bertz CT molecular complexity index is 737. The molecule has 0 aliphatic heterocycles. The topological polar surface area (TPSA) is 69.1 Å². The van der Waals surface area contributed by atoms with Gasteiger partial charge < -0.3 is 5.73 Å². The Labute approximate surface area is 99.9 Å². The lowest BCUT2D eigenvalue weighted by Crippen LogP contribution is -1.97. The SMILES string of the molecule is Nc1cc(-c2nnc3cnccn23)c(F)cc1F. The third-order valence-electron chi connectivity index (χ3n) is 2.54. The molecule has 0 aliphatic rings. The molecule has 0 bridgehead atoms. The van der Waals surface area contributed by atoms with E-state index in [2.05, 4.69) is 15.2 Å². The molecule has 2 N–H and O–H groups in total. The predicted molar refractivity (Wildman–Crippen MR) is 60.5 cm³/mol. The zero-order valence-electron chi connectivity index (χ0n) is 9.01. The van der Waals surface area contributed by atoms with E-state index < -0.39 is 11.6 Å². The maximum Gasteiger partial charge on any atom is 0.179 e. The van der Waals surface area contributed by atoms with Gasteiger partial charge in [-0.2, -0.15) is 0 Å². The third-order valence-corrected chi connectivity index (χ3v) is 2.54. The zero-order chi connectivity index (χ0) is 12.7. The first kappa shape index (κ1) is 10.6. The number of halogens is 2. The van der Waals surface area contributed by atoms with E-state index in [0.29, 0.717) is 5.65 Å². The highest BCUT2D eigenvalue weighted by Gasteiger charge is 2.15. The van der Waals surface area contributed by atoms with E-state index in [1.807, 2.05) is 0 Å². The molecule has 2 aromatic heterocycles. The fraction of sp³-hybridized carbons (Fsp3) is 0. The van der Waals surface area contributed by atoms with Gasteiger partial charge >= 0.3 is 0 Å². The molecule has 3 aromatic rings. The van der Waals surface area contributed by atoms with Gasteiger partial charge in [0.1, 0.15) is 11.6 Å². The Morgan fingerprint density at radius 1 is 1.11 bits per heavy atom. The van der Waals surface area contributed by atoms with Gasteiger partial charge in [-0.3, -0.25) is 9.38 Å². The van der Waals surface area contributed by atoms with Crippen LogP contribution in [0.3, 0.4) is 0 Å². The third kappa shape index (κ3) is 1.48. The van der Waals surface area contributed by atoms with Crippen LogP contribution in [0, 0.1) is 11.6 Å². The molecular formula is C11H7F2N5. The van der Waals surface area contributed by atoms with Gasteiger partial charge in [-0.05, 0) is 6.07 Å². The second-order valence-corrected chi connectivity index (χ2v) is 3.68. The number of rotatable bonds is 1. The van der Waals surface area contributed by atoms with Crippen molar-refractivity contribution in [1.29, 1.82) is 0 Å². The van der Waals surface area contributed by atoms with E-state index in [9.17, 15) is 8.78 Å². The first-order valence-electron chi connectivity index (χ1n) is 5.06. The molecule has 0 radical (unpaired) electrons. The van der Waals surface area contributed by atoms with Gasteiger partial charge in [-0.1, -0.05) is 0 Å². The van der Waals surface area contributed by atoms with Crippen LogP contribution in [0.2, 0.25) is 0 Å². The summed E-state index contributed by atoms with van der Waals surface area (Å²) in [5.74, 6) is -1.30. The van der Waals surface area contributed by atoms with Crippen LogP contribution in [0.1, 0.15) is 0 Å². The maximum atomic E-state index is 13.7. The van der Waals surface area contributed by atoms with Crippen molar-refractivity contribution in [3.8, 4) is 11.4 Å². The Balaban J connectivity index is 2.29. The highest BCUT2D eigenvalue weighted by molar-refractivity contribution is 5.64. The largest absolute Gasteiger partial charge is 0.396 e. The van der Waals surface area contributed by atoms with Crippen molar-refractivity contribution in [3.05, 3.63) is 42.4 Å². The van der Waals surface area contributed by atoms with E-state index in [4.69, 9.17) is 5.73 Å². The average Bonchev–Trinajstić information content (AvgIpc) is 2.78. The van der Waals surface area contributed by atoms with Crippen LogP contribution in [0.5, 0.6) is 0 Å². The summed E-state index contributed by atoms with van der Waals surface area (Å²) in [4.78, 5) is 3.87. The summed E-state index contributed by atoms with van der Waals surface area (Å²) in [5, 5.41) is 7.69. The maximum absolute atomic E-state index is 13.7. The molecule has 0 aliphatic carbocycles. The Kier molecular flexibility index (Phi) is 2.19. The van der Waals surface area contributed by atoms with Crippen molar-refractivity contribution in [3.63, 3.8) is 0 Å². The number of nitrogens with two attached hydrogens (primary N) is 1. The monoisotopic (exact) mass is 247 g/mol. The molecule has 1 aromatic carbocycles. The van der Waals surface area contributed by atoms with Crippen LogP contribution in [0.4, 0.5) is 14.5 Å². The van der Waals surface area contributed by atoms with Gasteiger partial charge in [-0.15, -0.1) is 10.2 Å². The number of nitrogen functional groups attached to an aromatic ring is 1. The lowest BCUT2D eigenvalue weighted by Gasteiger charge is -2.03. The van der Waals surface area contributed by atoms with Crippen molar-refractivity contribution in [1.82, 2.24) is 19.6 Å². The van der Waals surface area contributed by atoms with E-state index in [0.717, 1.165) is 6.07 Å². The van der Waals surface area contributed by atoms with Crippen molar-refractivity contribution < 1.29 is 8.78 Å². The fourth-order valence-corrected chi connectivity index (χ4v) is 1.67. The standard InChI is InChI=1S/C11H7F2N5/c12-7-4-8(13)9(14)3-6(7)11-17-16-10-5-15-1-2-18(10)11/h1-5H,14H2. The first-order chi connectivity index (χ1) is 8.66. The normalized spacial score (nSPS) is 11.0. The molecule has 0 unspecified atom stereocenters. The van der Waals surface area contributed by atoms with Gasteiger partial charge in [0.05, 0.1) is 17.4 Å². The Morgan fingerprint density at radius 3 is 2.78 bits per heavy atom. The lowest BCUT2D eigenvalue weighted by molar-refractivity contribution is 0.587. The van der Waals surface area contributed by atoms with Crippen LogP contribution in [0.25, 0.3) is 17.0 Å². The molecule has 90 valence electrons. The first-order valence-corrected chi connectivity index (χ1v) is 5.06. The molecule has 0 amide bonds. The fourth-order valence-electron chi connectivity index (χ4n) is 1.67. The van der Waals surface area contributed by atoms with Gasteiger partial charge in [0.2, 0.25) is 0 Å². The summed E-state index contributed by atoms with van der Waals surface area (Å²) < 4.78 is 28.4. The minimum atomic E-state index is -0.799. The summed E-state index contributed by atoms with van der Waals surface area (Å²) >= 11 is 0. The molecule has 7 heteroatoms. The lowest BCUT2D eigenvalue weighted by atomic mass is 10.1. The smallest absolute Gasteiger partial charge is 0.179 e. The van der Waals surface area contributed by atoms with Crippen molar-refractivity contribution >= 4 is 11.3 Å². The van der Waals surface area contributed by atoms with E-state index in [-0.39, 0.29) is 17.1 Å². The number of aromatic nitrogens is 4. The Hall–Kier alpha value is -2.57. The molecule has 3 rings (SSSR count). The number of nitrogens with zero attached hydrogens (tertiary/aromatic N) is 4. The average molecular weight is 247 g/mol. The number of anilines is 1. The minimum absolute atomic E-state index is 0.0904. The molecule has 0 atom stereocenters.